The normalized spacial score (nSPS) is 12.1. The highest BCUT2D eigenvalue weighted by Crippen LogP contribution is 2.12. The molecule has 0 aliphatic carbocycles. The molecule has 0 aromatic rings. The number of unbranched alkanes of at least 4 members (excludes halogenated alkanes) is 17. The van der Waals surface area contributed by atoms with Crippen LogP contribution in [0.25, 0.3) is 0 Å². The van der Waals surface area contributed by atoms with E-state index < -0.39 is 0 Å². The molecule has 0 saturated heterocycles. The van der Waals surface area contributed by atoms with E-state index in [1.807, 2.05) is 0 Å². The van der Waals surface area contributed by atoms with Crippen LogP contribution in [0.2, 0.25) is 0 Å². The fraction of sp³-hybridized carbons (Fsp3) is 1.00. The van der Waals surface area contributed by atoms with Crippen molar-refractivity contribution >= 4 is 0 Å². The SMILES string of the molecule is CCN(CC)CCCCCCCCCCN(CC)CCCCCCN(CC)CCCCCCCCCCN(CC)CC. The van der Waals surface area contributed by atoms with Crippen LogP contribution in [0.4, 0.5) is 0 Å². The average molecular weight is 595 g/mol. The summed E-state index contributed by atoms with van der Waals surface area (Å²) < 4.78 is 0. The second-order valence-corrected chi connectivity index (χ2v) is 13.0. The molecule has 0 fully saturated rings. The van der Waals surface area contributed by atoms with Crippen LogP contribution < -0.4 is 0 Å². The maximum Gasteiger partial charge on any atom is -0.00189 e. The molecular weight excluding hydrogens is 512 g/mol. The van der Waals surface area contributed by atoms with E-state index in [4.69, 9.17) is 0 Å². The van der Waals surface area contributed by atoms with Crippen LogP contribution in [0.3, 0.4) is 0 Å². The van der Waals surface area contributed by atoms with Crippen molar-refractivity contribution < 1.29 is 0 Å². The maximum atomic E-state index is 2.71. The van der Waals surface area contributed by atoms with E-state index in [0.29, 0.717) is 0 Å². The standard InChI is InChI=1S/C38H82N4/c1-7-39(8-2)33-27-21-17-13-15-19-23-29-35-41(11-5)37-31-25-26-32-38-42(12-6)36-30-24-20-16-14-18-22-28-34-40(9-3)10-4/h7-38H2,1-6H3. The van der Waals surface area contributed by atoms with Gasteiger partial charge in [-0.1, -0.05) is 131 Å². The van der Waals surface area contributed by atoms with Crippen molar-refractivity contribution in [3.8, 4) is 0 Å². The van der Waals surface area contributed by atoms with Crippen LogP contribution in [0.1, 0.15) is 170 Å². The second-order valence-electron chi connectivity index (χ2n) is 13.0. The zero-order valence-corrected chi connectivity index (χ0v) is 30.4. The quantitative estimate of drug-likeness (QED) is 0.0677. The molecule has 0 heterocycles. The highest BCUT2D eigenvalue weighted by atomic mass is 15.1. The van der Waals surface area contributed by atoms with Gasteiger partial charge >= 0.3 is 0 Å². The van der Waals surface area contributed by atoms with Crippen LogP contribution in [-0.4, -0.2) is 98.1 Å². The van der Waals surface area contributed by atoms with Crippen molar-refractivity contribution in [2.45, 2.75) is 170 Å². The average Bonchev–Trinajstić information content (AvgIpc) is 3.02. The molecule has 0 aromatic carbocycles. The van der Waals surface area contributed by atoms with Gasteiger partial charge in [0.2, 0.25) is 0 Å². The van der Waals surface area contributed by atoms with Crippen LogP contribution >= 0.6 is 0 Å². The lowest BCUT2D eigenvalue weighted by Crippen LogP contribution is -2.26. The molecule has 0 saturated carbocycles. The molecular formula is C38H82N4. The summed E-state index contributed by atoms with van der Waals surface area (Å²) >= 11 is 0. The number of rotatable bonds is 35. The monoisotopic (exact) mass is 595 g/mol. The first-order valence-electron chi connectivity index (χ1n) is 19.5. The van der Waals surface area contributed by atoms with Gasteiger partial charge < -0.3 is 19.6 Å². The minimum atomic E-state index is 1.21. The fourth-order valence-corrected chi connectivity index (χ4v) is 6.42. The van der Waals surface area contributed by atoms with Gasteiger partial charge in [-0.3, -0.25) is 0 Å². The first-order valence-corrected chi connectivity index (χ1v) is 19.5. The first kappa shape index (κ1) is 41.8. The Morgan fingerprint density at radius 3 is 0.500 bits per heavy atom. The summed E-state index contributed by atoms with van der Waals surface area (Å²) in [6, 6.07) is 0. The fourth-order valence-electron chi connectivity index (χ4n) is 6.42. The van der Waals surface area contributed by atoms with Crippen molar-refractivity contribution in [3.63, 3.8) is 0 Å². The molecule has 0 bridgehead atoms. The third-order valence-electron chi connectivity index (χ3n) is 9.78. The molecule has 42 heavy (non-hydrogen) atoms. The zero-order valence-electron chi connectivity index (χ0n) is 30.4. The number of nitrogens with zero attached hydrogens (tertiary/aromatic N) is 4. The summed E-state index contributed by atoms with van der Waals surface area (Å²) in [5, 5.41) is 0. The summed E-state index contributed by atoms with van der Waals surface area (Å²) in [6.45, 7) is 29.0. The van der Waals surface area contributed by atoms with Gasteiger partial charge in [0, 0.05) is 0 Å². The molecule has 0 rings (SSSR count). The minimum absolute atomic E-state index is 1.21. The van der Waals surface area contributed by atoms with Crippen LogP contribution in [0.5, 0.6) is 0 Å². The molecule has 0 amide bonds. The molecule has 0 spiro atoms. The van der Waals surface area contributed by atoms with Gasteiger partial charge in [-0.25, -0.2) is 0 Å². The highest BCUT2D eigenvalue weighted by molar-refractivity contribution is 4.61. The van der Waals surface area contributed by atoms with E-state index in [2.05, 4.69) is 61.1 Å². The second kappa shape index (κ2) is 33.7. The Morgan fingerprint density at radius 2 is 0.333 bits per heavy atom. The molecule has 4 nitrogen and oxygen atoms in total. The molecule has 0 N–H and O–H groups in total. The van der Waals surface area contributed by atoms with Gasteiger partial charge in [-0.15, -0.1) is 0 Å². The Balaban J connectivity index is 3.54. The molecule has 254 valence electrons. The van der Waals surface area contributed by atoms with E-state index in [1.54, 1.807) is 0 Å². The van der Waals surface area contributed by atoms with Crippen LogP contribution in [0.15, 0.2) is 0 Å². The Bertz CT molecular complexity index is 447. The summed E-state index contributed by atoms with van der Waals surface area (Å²) in [7, 11) is 0. The third kappa shape index (κ3) is 27.4. The number of hydrogen-bond donors (Lipinski definition) is 0. The lowest BCUT2D eigenvalue weighted by molar-refractivity contribution is 0.262. The van der Waals surface area contributed by atoms with E-state index in [9.17, 15) is 0 Å². The number of hydrogen-bond acceptors (Lipinski definition) is 4. The van der Waals surface area contributed by atoms with Crippen molar-refractivity contribution in [2.24, 2.45) is 0 Å². The molecule has 0 aromatic heterocycles. The maximum absolute atomic E-state index is 2.71. The van der Waals surface area contributed by atoms with E-state index in [1.165, 1.54) is 207 Å². The molecule has 0 atom stereocenters. The smallest absolute Gasteiger partial charge is 0.00189 e. The topological polar surface area (TPSA) is 13.0 Å². The molecule has 0 aliphatic rings. The van der Waals surface area contributed by atoms with Gasteiger partial charge in [-0.05, 0) is 117 Å². The van der Waals surface area contributed by atoms with Crippen LogP contribution in [-0.2, 0) is 0 Å². The highest BCUT2D eigenvalue weighted by Gasteiger charge is 2.05. The summed E-state index contributed by atoms with van der Waals surface area (Å²) in [5.41, 5.74) is 0. The molecule has 0 aliphatic heterocycles. The lowest BCUT2D eigenvalue weighted by Gasteiger charge is -2.21. The minimum Gasteiger partial charge on any atom is -0.304 e. The first-order chi connectivity index (χ1) is 20.6. The van der Waals surface area contributed by atoms with Gasteiger partial charge in [0.15, 0.2) is 0 Å². The van der Waals surface area contributed by atoms with Crippen molar-refractivity contribution in [3.05, 3.63) is 0 Å². The Kier molecular flexibility index (Phi) is 33.6. The largest absolute Gasteiger partial charge is 0.304 e. The third-order valence-corrected chi connectivity index (χ3v) is 9.78. The van der Waals surface area contributed by atoms with Gasteiger partial charge in [-0.2, -0.15) is 0 Å². The predicted molar refractivity (Wildman–Crippen MR) is 192 cm³/mol. The van der Waals surface area contributed by atoms with Gasteiger partial charge in [0.25, 0.3) is 0 Å². The Hall–Kier alpha value is -0.160. The summed E-state index contributed by atoms with van der Waals surface area (Å²) in [4.78, 5) is 10.5. The lowest BCUT2D eigenvalue weighted by atomic mass is 10.1. The van der Waals surface area contributed by atoms with Crippen molar-refractivity contribution in [1.82, 2.24) is 19.6 Å². The molecule has 4 heteroatoms. The van der Waals surface area contributed by atoms with Crippen LogP contribution in [0, 0.1) is 0 Å². The summed E-state index contributed by atoms with van der Waals surface area (Å²) in [5.74, 6) is 0. The van der Waals surface area contributed by atoms with Crippen molar-refractivity contribution in [1.29, 1.82) is 0 Å². The molecule has 0 radical (unpaired) electrons. The van der Waals surface area contributed by atoms with Gasteiger partial charge in [0.1, 0.15) is 0 Å². The summed E-state index contributed by atoms with van der Waals surface area (Å²) in [6.07, 6.45) is 28.5. The van der Waals surface area contributed by atoms with Crippen molar-refractivity contribution in [2.75, 3.05) is 78.5 Å². The van der Waals surface area contributed by atoms with Gasteiger partial charge in [0.05, 0.1) is 0 Å². The molecule has 0 unspecified atom stereocenters. The predicted octanol–water partition coefficient (Wildman–Crippen LogP) is 10.1. The van der Waals surface area contributed by atoms with E-state index in [-0.39, 0.29) is 0 Å². The van der Waals surface area contributed by atoms with E-state index >= 15 is 0 Å². The Morgan fingerprint density at radius 1 is 0.190 bits per heavy atom. The zero-order chi connectivity index (χ0) is 30.9. The Labute approximate surface area is 267 Å². The van der Waals surface area contributed by atoms with E-state index in [0.717, 1.165) is 0 Å².